The Hall–Kier alpha value is -2.48. The lowest BCUT2D eigenvalue weighted by molar-refractivity contribution is -0.176. The van der Waals surface area contributed by atoms with Crippen LogP contribution < -0.4 is 16.0 Å². The third kappa shape index (κ3) is 15.1. The van der Waals surface area contributed by atoms with Gasteiger partial charge in [-0.05, 0) is 107 Å². The van der Waals surface area contributed by atoms with Crippen LogP contribution in [0.25, 0.3) is 0 Å². The van der Waals surface area contributed by atoms with Crippen molar-refractivity contribution in [2.45, 2.75) is 137 Å². The first-order valence-corrected chi connectivity index (χ1v) is 19.8. The van der Waals surface area contributed by atoms with Gasteiger partial charge in [-0.25, -0.2) is 4.39 Å². The molecule has 3 aliphatic heterocycles. The molecule has 4 fully saturated rings. The maximum absolute atomic E-state index is 14.8. The van der Waals surface area contributed by atoms with Crippen LogP contribution in [0.5, 0.6) is 0 Å². The van der Waals surface area contributed by atoms with E-state index in [-0.39, 0.29) is 24.2 Å². The first kappa shape index (κ1) is 49.5. The summed E-state index contributed by atoms with van der Waals surface area (Å²) in [7, 11) is 3.16. The minimum Gasteiger partial charge on any atom is -0.380 e. The molecule has 1 amide bonds. The quantitative estimate of drug-likeness (QED) is 0.114. The van der Waals surface area contributed by atoms with Gasteiger partial charge in [0, 0.05) is 63.3 Å². The Labute approximate surface area is 314 Å². The Morgan fingerprint density at radius 1 is 0.942 bits per heavy atom. The van der Waals surface area contributed by atoms with E-state index in [1.807, 2.05) is 48.5 Å². The second-order valence-corrected chi connectivity index (χ2v) is 13.5. The van der Waals surface area contributed by atoms with Crippen LogP contribution in [0, 0.1) is 17.2 Å². The summed E-state index contributed by atoms with van der Waals surface area (Å²) < 4.78 is 19.9. The zero-order valence-corrected chi connectivity index (χ0v) is 34.0. The Morgan fingerprint density at radius 3 is 1.94 bits per heavy atom. The molecule has 5 N–H and O–H groups in total. The molecule has 1 aromatic rings. The van der Waals surface area contributed by atoms with Gasteiger partial charge in [0.05, 0.1) is 12.3 Å². The van der Waals surface area contributed by atoms with Crippen LogP contribution in [0.1, 0.15) is 129 Å². The number of carbonyl (C=O) groups excluding carboxylic acids is 3. The zero-order chi connectivity index (χ0) is 39.7. The van der Waals surface area contributed by atoms with Crippen molar-refractivity contribution in [3.63, 3.8) is 0 Å². The number of carbonyl (C=O) groups is 3. The van der Waals surface area contributed by atoms with Crippen LogP contribution in [0.3, 0.4) is 0 Å². The van der Waals surface area contributed by atoms with Crippen molar-refractivity contribution < 1.29 is 34.0 Å². The predicted molar refractivity (Wildman–Crippen MR) is 211 cm³/mol. The van der Waals surface area contributed by atoms with E-state index in [1.165, 1.54) is 57.9 Å². The van der Waals surface area contributed by atoms with E-state index < -0.39 is 0 Å². The molecule has 1 aromatic carbocycles. The summed E-state index contributed by atoms with van der Waals surface area (Å²) in [4.78, 5) is 39.8. The van der Waals surface area contributed by atoms with Crippen LogP contribution in [0.2, 0.25) is 0 Å². The van der Waals surface area contributed by atoms with E-state index >= 15 is 0 Å². The number of piperidine rings is 3. The SMILES string of the molecule is CC.CC.CC.CNC(=O)C(C)CCC=O.COCc1cc(F)c(N2CCC3(CC2)CC(N2CCC(N4CCC(N)CC4)CC2)C3)cc1C=O.OO. The molecule has 1 saturated carbocycles. The molecule has 4 aliphatic rings. The number of nitrogens with two attached hydrogens (primary N) is 1. The number of hydrogen-bond acceptors (Lipinski definition) is 10. The standard InChI is InChI=1S/C27H41FN4O2.C7H13NO2.3C2H6.H2O2/c1-34-19-21-14-25(28)26(15-20(21)18-33)32-12-6-27(7-13-32)16-24(17-27)31-10-4-23(5-11-31)30-8-2-22(29)3-9-30;1-6(4-3-5-9)7(10)8-2;4*1-2/h14-15,18,22-24H,2-13,16-17,19,29H2,1H3;5-6H,3-4H2,1-2H3,(H,8,10);3*1-2H3;1-2H. The summed E-state index contributed by atoms with van der Waals surface area (Å²) in [6.45, 7) is 20.6. The highest BCUT2D eigenvalue weighted by molar-refractivity contribution is 5.80. The number of anilines is 1. The molecule has 12 heteroatoms. The van der Waals surface area contributed by atoms with Gasteiger partial charge in [-0.2, -0.15) is 0 Å². The summed E-state index contributed by atoms with van der Waals surface area (Å²) in [5.41, 5.74) is 8.22. The van der Waals surface area contributed by atoms with Crippen molar-refractivity contribution in [3.05, 3.63) is 29.1 Å². The third-order valence-electron chi connectivity index (χ3n) is 10.7. The number of amides is 1. The van der Waals surface area contributed by atoms with Gasteiger partial charge in [0.15, 0.2) is 0 Å². The first-order chi connectivity index (χ1) is 25.2. The topological polar surface area (TPSA) is 149 Å². The van der Waals surface area contributed by atoms with E-state index in [2.05, 4.69) is 20.0 Å². The van der Waals surface area contributed by atoms with Crippen molar-refractivity contribution in [1.29, 1.82) is 0 Å². The fourth-order valence-corrected chi connectivity index (χ4v) is 7.68. The van der Waals surface area contributed by atoms with Crippen molar-refractivity contribution in [3.8, 4) is 0 Å². The highest BCUT2D eigenvalue weighted by Crippen LogP contribution is 2.52. The fourth-order valence-electron chi connectivity index (χ4n) is 7.68. The van der Waals surface area contributed by atoms with Gasteiger partial charge in [-0.15, -0.1) is 0 Å². The number of likely N-dealkylation sites (tertiary alicyclic amines) is 2. The highest BCUT2D eigenvalue weighted by Gasteiger charge is 2.48. The van der Waals surface area contributed by atoms with E-state index in [4.69, 9.17) is 21.0 Å². The summed E-state index contributed by atoms with van der Waals surface area (Å²) in [6, 6.07) is 5.07. The molecule has 302 valence electrons. The lowest BCUT2D eigenvalue weighted by Crippen LogP contribution is -2.58. The maximum Gasteiger partial charge on any atom is 0.222 e. The van der Waals surface area contributed by atoms with Gasteiger partial charge in [-0.3, -0.25) is 20.1 Å². The number of rotatable bonds is 10. The van der Waals surface area contributed by atoms with E-state index in [9.17, 15) is 18.8 Å². The minimum absolute atomic E-state index is 0.00171. The minimum atomic E-state index is -0.251. The van der Waals surface area contributed by atoms with Gasteiger partial charge in [0.2, 0.25) is 5.91 Å². The molecule has 1 atom stereocenters. The van der Waals surface area contributed by atoms with Crippen molar-refractivity contribution >= 4 is 24.2 Å². The Morgan fingerprint density at radius 2 is 1.46 bits per heavy atom. The number of ether oxygens (including phenoxy) is 1. The summed E-state index contributed by atoms with van der Waals surface area (Å²) >= 11 is 0. The molecule has 11 nitrogen and oxygen atoms in total. The molecular formula is C40H74FN5O6. The van der Waals surface area contributed by atoms with E-state index in [0.717, 1.165) is 63.4 Å². The number of aldehydes is 2. The second-order valence-electron chi connectivity index (χ2n) is 13.5. The van der Waals surface area contributed by atoms with Crippen LogP contribution in [0.15, 0.2) is 12.1 Å². The van der Waals surface area contributed by atoms with Crippen LogP contribution >= 0.6 is 0 Å². The van der Waals surface area contributed by atoms with E-state index in [1.54, 1.807) is 20.2 Å². The highest BCUT2D eigenvalue weighted by atomic mass is 19.1. The zero-order valence-electron chi connectivity index (χ0n) is 34.0. The number of methoxy groups -OCH3 is 1. The van der Waals surface area contributed by atoms with Crippen molar-refractivity contribution in [1.82, 2.24) is 15.1 Å². The molecule has 5 rings (SSSR count). The molecule has 3 heterocycles. The number of benzene rings is 1. The lowest BCUT2D eigenvalue weighted by atomic mass is 9.59. The van der Waals surface area contributed by atoms with Gasteiger partial charge in [0.25, 0.3) is 0 Å². The Bertz CT molecular complexity index is 1100. The summed E-state index contributed by atoms with van der Waals surface area (Å²) in [6.07, 6.45) is 12.5. The summed E-state index contributed by atoms with van der Waals surface area (Å²) in [5.74, 6) is -0.296. The molecule has 0 aromatic heterocycles. The molecular weight excluding hydrogens is 665 g/mol. The Kier molecular flexibility index (Phi) is 26.7. The van der Waals surface area contributed by atoms with Crippen molar-refractivity contribution in [2.24, 2.45) is 17.1 Å². The van der Waals surface area contributed by atoms with E-state index in [0.29, 0.717) is 41.1 Å². The average molecular weight is 740 g/mol. The van der Waals surface area contributed by atoms with Gasteiger partial charge in [-0.1, -0.05) is 48.5 Å². The van der Waals surface area contributed by atoms with Gasteiger partial charge < -0.3 is 35.3 Å². The molecule has 1 spiro atoms. The molecule has 52 heavy (non-hydrogen) atoms. The van der Waals surface area contributed by atoms with Gasteiger partial charge >= 0.3 is 0 Å². The maximum atomic E-state index is 14.8. The van der Waals surface area contributed by atoms with Gasteiger partial charge in [0.1, 0.15) is 18.4 Å². The largest absolute Gasteiger partial charge is 0.380 e. The fraction of sp³-hybridized carbons (Fsp3) is 0.775. The van der Waals surface area contributed by atoms with Crippen molar-refractivity contribution in [2.75, 3.05) is 58.3 Å². The predicted octanol–water partition coefficient (Wildman–Crippen LogP) is 6.86. The normalized spacial score (nSPS) is 19.5. The van der Waals surface area contributed by atoms with Crippen LogP contribution in [-0.4, -0.2) is 110 Å². The first-order valence-electron chi connectivity index (χ1n) is 19.8. The molecule has 1 unspecified atom stereocenters. The number of hydrogen-bond donors (Lipinski definition) is 4. The smallest absolute Gasteiger partial charge is 0.222 e. The molecule has 0 bridgehead atoms. The lowest BCUT2D eigenvalue weighted by Gasteiger charge is -2.56. The molecule has 1 aliphatic carbocycles. The second kappa shape index (κ2) is 28.0. The van der Waals surface area contributed by atoms with Crippen LogP contribution in [0.4, 0.5) is 10.1 Å². The summed E-state index contributed by atoms with van der Waals surface area (Å²) in [5, 5.41) is 14.5. The monoisotopic (exact) mass is 740 g/mol. The molecule has 0 radical (unpaired) electrons. The van der Waals surface area contributed by atoms with Crippen LogP contribution in [-0.2, 0) is 20.9 Å². The number of nitrogens with one attached hydrogen (secondary N) is 1. The molecule has 3 saturated heterocycles. The number of halogens is 1. The average Bonchev–Trinajstić information content (AvgIpc) is 3.20. The third-order valence-corrected chi connectivity index (χ3v) is 10.7. The Balaban J connectivity index is 0.00000123. The number of nitrogens with zero attached hydrogens (tertiary/aromatic N) is 3.